The maximum Gasteiger partial charge on any atom is 0.256 e. The standard InChI is InChI=1S/C26H27N7O3/c1-26(2,36)25(35)32-14-5-6-18(32)23-31-20(21-22(27)29-13-15-33(21)23)16-8-10-17(11-9-16)24(34)30-19-7-3-4-12-28-19/h3-4,7-13,15,18,36H,5-6,14H2,1-2H3,(H2,27,29)(H,28,30,34)/t18-/m0/s1. The number of nitrogens with one attached hydrogen (secondary N) is 1. The Balaban J connectivity index is 1.51. The maximum atomic E-state index is 12.9. The van der Waals surface area contributed by atoms with Crippen LogP contribution in [-0.4, -0.2) is 53.3 Å². The molecular weight excluding hydrogens is 458 g/mol. The molecule has 1 aliphatic heterocycles. The van der Waals surface area contributed by atoms with Crippen molar-refractivity contribution in [3.63, 3.8) is 0 Å². The van der Waals surface area contributed by atoms with Gasteiger partial charge in [0.15, 0.2) is 0 Å². The molecule has 0 bridgehead atoms. The van der Waals surface area contributed by atoms with Crippen LogP contribution >= 0.6 is 0 Å². The number of aliphatic hydroxyl groups is 1. The number of benzene rings is 1. The zero-order valence-electron chi connectivity index (χ0n) is 20.0. The second-order valence-electron chi connectivity index (χ2n) is 9.31. The molecule has 5 rings (SSSR count). The zero-order chi connectivity index (χ0) is 25.4. The first kappa shape index (κ1) is 23.4. The number of nitrogen functional groups attached to an aromatic ring is 1. The van der Waals surface area contributed by atoms with Crippen LogP contribution in [0.15, 0.2) is 61.1 Å². The Morgan fingerprint density at radius 1 is 1.11 bits per heavy atom. The second kappa shape index (κ2) is 9.04. The quantitative estimate of drug-likeness (QED) is 0.395. The van der Waals surface area contributed by atoms with E-state index in [0.717, 1.165) is 18.4 Å². The monoisotopic (exact) mass is 485 g/mol. The van der Waals surface area contributed by atoms with Crippen LogP contribution in [0.3, 0.4) is 0 Å². The summed E-state index contributed by atoms with van der Waals surface area (Å²) < 4.78 is 1.86. The minimum atomic E-state index is -1.48. The van der Waals surface area contributed by atoms with E-state index in [4.69, 9.17) is 10.7 Å². The third kappa shape index (κ3) is 4.27. The van der Waals surface area contributed by atoms with Gasteiger partial charge in [-0.15, -0.1) is 0 Å². The molecule has 3 aromatic heterocycles. The number of pyridine rings is 1. The van der Waals surface area contributed by atoms with Crippen LogP contribution < -0.4 is 11.1 Å². The molecule has 1 fully saturated rings. The highest BCUT2D eigenvalue weighted by molar-refractivity contribution is 6.04. The number of rotatable bonds is 5. The molecule has 36 heavy (non-hydrogen) atoms. The molecule has 1 atom stereocenters. The fourth-order valence-electron chi connectivity index (χ4n) is 4.56. The number of anilines is 2. The molecule has 1 aliphatic rings. The first-order valence-electron chi connectivity index (χ1n) is 11.7. The lowest BCUT2D eigenvalue weighted by Crippen LogP contribution is -2.45. The number of hydrogen-bond donors (Lipinski definition) is 3. The minimum absolute atomic E-state index is 0.274. The Bertz CT molecular complexity index is 1430. The van der Waals surface area contributed by atoms with E-state index in [0.29, 0.717) is 40.8 Å². The summed E-state index contributed by atoms with van der Waals surface area (Å²) in [7, 11) is 0. The van der Waals surface area contributed by atoms with E-state index < -0.39 is 5.60 Å². The first-order valence-corrected chi connectivity index (χ1v) is 11.7. The summed E-state index contributed by atoms with van der Waals surface area (Å²) in [4.78, 5) is 40.5. The molecule has 2 amide bonds. The predicted molar refractivity (Wildman–Crippen MR) is 135 cm³/mol. The molecule has 10 nitrogen and oxygen atoms in total. The number of imidazole rings is 1. The highest BCUT2D eigenvalue weighted by Gasteiger charge is 2.39. The van der Waals surface area contributed by atoms with Crippen molar-refractivity contribution in [2.45, 2.75) is 38.3 Å². The Morgan fingerprint density at radius 3 is 2.58 bits per heavy atom. The molecule has 0 unspecified atom stereocenters. The molecule has 10 heteroatoms. The van der Waals surface area contributed by atoms with Gasteiger partial charge in [-0.2, -0.15) is 0 Å². The summed E-state index contributed by atoms with van der Waals surface area (Å²) in [5, 5.41) is 13.1. The average Bonchev–Trinajstić information content (AvgIpc) is 3.49. The molecule has 0 aliphatic carbocycles. The Morgan fingerprint density at radius 2 is 1.89 bits per heavy atom. The van der Waals surface area contributed by atoms with E-state index in [1.54, 1.807) is 66.0 Å². The SMILES string of the molecule is CC(C)(O)C(=O)N1CCC[C@H]1c1nc(-c2ccc(C(=O)Nc3ccccn3)cc2)c2c(N)nccn12. The van der Waals surface area contributed by atoms with E-state index in [9.17, 15) is 14.7 Å². The predicted octanol–water partition coefficient (Wildman–Crippen LogP) is 3.06. The van der Waals surface area contributed by atoms with Crippen molar-refractivity contribution in [3.05, 3.63) is 72.4 Å². The summed E-state index contributed by atoms with van der Waals surface area (Å²) in [5.41, 5.74) is 7.25. The number of amides is 2. The number of carbonyl (C=O) groups excluding carboxylic acids is 2. The second-order valence-corrected chi connectivity index (χ2v) is 9.31. The van der Waals surface area contributed by atoms with Crippen LogP contribution in [0, 0.1) is 0 Å². The fourth-order valence-corrected chi connectivity index (χ4v) is 4.56. The van der Waals surface area contributed by atoms with Gasteiger partial charge in [0.1, 0.15) is 34.3 Å². The van der Waals surface area contributed by atoms with Crippen LogP contribution in [0.1, 0.15) is 48.9 Å². The minimum Gasteiger partial charge on any atom is -0.382 e. The molecule has 4 heterocycles. The van der Waals surface area contributed by atoms with Gasteiger partial charge in [0, 0.05) is 36.3 Å². The molecule has 1 aromatic carbocycles. The van der Waals surface area contributed by atoms with Gasteiger partial charge in [-0.3, -0.25) is 14.0 Å². The molecule has 184 valence electrons. The van der Waals surface area contributed by atoms with Crippen LogP contribution in [0.4, 0.5) is 11.6 Å². The molecule has 1 saturated heterocycles. The highest BCUT2D eigenvalue weighted by atomic mass is 16.3. The number of fused-ring (bicyclic) bond motifs is 1. The van der Waals surface area contributed by atoms with Crippen molar-refractivity contribution in [2.24, 2.45) is 0 Å². The van der Waals surface area contributed by atoms with Crippen molar-refractivity contribution < 1.29 is 14.7 Å². The number of nitrogens with two attached hydrogens (primary N) is 1. The van der Waals surface area contributed by atoms with Crippen LogP contribution in [0.5, 0.6) is 0 Å². The first-order chi connectivity index (χ1) is 17.2. The summed E-state index contributed by atoms with van der Waals surface area (Å²) in [5.74, 6) is 0.816. The van der Waals surface area contributed by atoms with Gasteiger partial charge in [0.05, 0.1) is 6.04 Å². The van der Waals surface area contributed by atoms with Gasteiger partial charge in [-0.1, -0.05) is 18.2 Å². The van der Waals surface area contributed by atoms with Crippen molar-refractivity contribution in [3.8, 4) is 11.3 Å². The number of carbonyl (C=O) groups is 2. The van der Waals surface area contributed by atoms with Gasteiger partial charge in [0.2, 0.25) is 0 Å². The molecular formula is C26H27N7O3. The molecule has 4 N–H and O–H groups in total. The normalized spacial score (nSPS) is 15.9. The smallest absolute Gasteiger partial charge is 0.256 e. The molecule has 0 spiro atoms. The summed E-state index contributed by atoms with van der Waals surface area (Å²) in [6.45, 7) is 3.53. The lowest BCUT2D eigenvalue weighted by molar-refractivity contribution is -0.149. The average molecular weight is 486 g/mol. The van der Waals surface area contributed by atoms with Gasteiger partial charge < -0.3 is 21.1 Å². The number of aromatic nitrogens is 4. The van der Waals surface area contributed by atoms with Crippen LogP contribution in [0.25, 0.3) is 16.8 Å². The lowest BCUT2D eigenvalue weighted by Gasteiger charge is -2.29. The highest BCUT2D eigenvalue weighted by Crippen LogP contribution is 2.37. The van der Waals surface area contributed by atoms with Crippen molar-refractivity contribution in [1.29, 1.82) is 0 Å². The van der Waals surface area contributed by atoms with E-state index in [2.05, 4.69) is 15.3 Å². The number of hydrogen-bond acceptors (Lipinski definition) is 7. The lowest BCUT2D eigenvalue weighted by atomic mass is 10.1. The Labute approximate surface area is 207 Å². The van der Waals surface area contributed by atoms with Gasteiger partial charge in [0.25, 0.3) is 11.8 Å². The van der Waals surface area contributed by atoms with Crippen molar-refractivity contribution >= 4 is 29.0 Å². The van der Waals surface area contributed by atoms with Crippen LogP contribution in [0.2, 0.25) is 0 Å². The molecule has 0 radical (unpaired) electrons. The summed E-state index contributed by atoms with van der Waals surface area (Å²) in [6, 6.07) is 12.0. The number of nitrogens with zero attached hydrogens (tertiary/aromatic N) is 5. The van der Waals surface area contributed by atoms with Crippen LogP contribution in [-0.2, 0) is 4.79 Å². The van der Waals surface area contributed by atoms with Gasteiger partial charge >= 0.3 is 0 Å². The Kier molecular flexibility index (Phi) is 5.89. The van der Waals surface area contributed by atoms with Gasteiger partial charge in [-0.25, -0.2) is 15.0 Å². The summed E-state index contributed by atoms with van der Waals surface area (Å²) in [6.07, 6.45) is 6.50. The Hall–Kier alpha value is -4.31. The topological polar surface area (TPSA) is 139 Å². The molecule has 0 saturated carbocycles. The van der Waals surface area contributed by atoms with E-state index >= 15 is 0 Å². The van der Waals surface area contributed by atoms with E-state index in [-0.39, 0.29) is 17.9 Å². The molecule has 4 aromatic rings. The van der Waals surface area contributed by atoms with Crippen molar-refractivity contribution in [2.75, 3.05) is 17.6 Å². The third-order valence-electron chi connectivity index (χ3n) is 6.27. The maximum absolute atomic E-state index is 12.9. The zero-order valence-corrected chi connectivity index (χ0v) is 20.0. The van der Waals surface area contributed by atoms with Crippen molar-refractivity contribution in [1.82, 2.24) is 24.3 Å². The van der Waals surface area contributed by atoms with E-state index in [1.165, 1.54) is 13.8 Å². The third-order valence-corrected chi connectivity index (χ3v) is 6.27. The van der Waals surface area contributed by atoms with Gasteiger partial charge in [-0.05, 0) is 51.0 Å². The van der Waals surface area contributed by atoms with E-state index in [1.807, 2.05) is 4.40 Å². The summed E-state index contributed by atoms with van der Waals surface area (Å²) >= 11 is 0. The number of likely N-dealkylation sites (tertiary alicyclic amines) is 1. The largest absolute Gasteiger partial charge is 0.382 e. The fraction of sp³-hybridized carbons (Fsp3) is 0.269.